The number of hydrogen-bond acceptors (Lipinski definition) is 4. The zero-order valence-corrected chi connectivity index (χ0v) is 10.7. The molecule has 0 aliphatic carbocycles. The van der Waals surface area contributed by atoms with Crippen LogP contribution in [-0.4, -0.2) is 30.6 Å². The molecule has 1 N–H and O–H groups in total. The number of non-ortho nitro benzene ring substituents is 1. The van der Waals surface area contributed by atoms with Gasteiger partial charge in [-0.3, -0.25) is 10.1 Å². The maximum Gasteiger partial charge on any atom is 0.272 e. The summed E-state index contributed by atoms with van der Waals surface area (Å²) < 4.78 is 14.1. The Balaban J connectivity index is 1.89. The van der Waals surface area contributed by atoms with Gasteiger partial charge in [-0.25, -0.2) is 4.39 Å². The molecule has 19 heavy (non-hydrogen) atoms. The highest BCUT2D eigenvalue weighted by molar-refractivity contribution is 5.54. The van der Waals surface area contributed by atoms with Gasteiger partial charge in [0.15, 0.2) is 5.82 Å². The number of halogens is 1. The van der Waals surface area contributed by atoms with Gasteiger partial charge in [-0.05, 0) is 24.8 Å². The standard InChI is InChI=1S/C13H16FN3O2/c1-8-11-6-15-5-9(11)7-16(8)13-3-2-10(17(18)19)4-12(13)14/h2-4,8-9,11,15H,5-7H2,1H3. The van der Waals surface area contributed by atoms with E-state index in [1.54, 1.807) is 0 Å². The number of rotatable bonds is 2. The van der Waals surface area contributed by atoms with E-state index < -0.39 is 10.7 Å². The lowest BCUT2D eigenvalue weighted by molar-refractivity contribution is -0.385. The molecular formula is C13H16FN3O2. The Morgan fingerprint density at radius 1 is 1.47 bits per heavy atom. The van der Waals surface area contributed by atoms with Crippen molar-refractivity contribution in [3.05, 3.63) is 34.1 Å². The highest BCUT2D eigenvalue weighted by Gasteiger charge is 2.42. The van der Waals surface area contributed by atoms with Crippen molar-refractivity contribution in [2.24, 2.45) is 11.8 Å². The first-order valence-corrected chi connectivity index (χ1v) is 6.49. The van der Waals surface area contributed by atoms with Crippen LogP contribution in [0.1, 0.15) is 6.92 Å². The molecule has 0 bridgehead atoms. The quantitative estimate of drug-likeness (QED) is 0.654. The zero-order valence-electron chi connectivity index (χ0n) is 10.7. The molecule has 1 aromatic carbocycles. The van der Waals surface area contributed by atoms with Crippen LogP contribution in [0.3, 0.4) is 0 Å². The molecule has 0 spiro atoms. The smallest absolute Gasteiger partial charge is 0.272 e. The van der Waals surface area contributed by atoms with Crippen LogP contribution >= 0.6 is 0 Å². The number of nitro benzene ring substituents is 1. The topological polar surface area (TPSA) is 58.4 Å². The monoisotopic (exact) mass is 265 g/mol. The lowest BCUT2D eigenvalue weighted by atomic mass is 9.95. The van der Waals surface area contributed by atoms with E-state index in [9.17, 15) is 14.5 Å². The average molecular weight is 265 g/mol. The molecular weight excluding hydrogens is 249 g/mol. The summed E-state index contributed by atoms with van der Waals surface area (Å²) in [7, 11) is 0. The van der Waals surface area contributed by atoms with Crippen LogP contribution in [0.15, 0.2) is 18.2 Å². The molecule has 0 amide bonds. The fourth-order valence-electron chi connectivity index (χ4n) is 3.33. The Bertz CT molecular complexity index is 523. The second kappa shape index (κ2) is 4.45. The second-order valence-corrected chi connectivity index (χ2v) is 5.37. The molecule has 6 heteroatoms. The van der Waals surface area contributed by atoms with Gasteiger partial charge in [-0.1, -0.05) is 0 Å². The molecule has 2 aliphatic heterocycles. The van der Waals surface area contributed by atoms with Gasteiger partial charge in [0.25, 0.3) is 5.69 Å². The van der Waals surface area contributed by atoms with E-state index in [1.165, 1.54) is 12.1 Å². The number of fused-ring (bicyclic) bond motifs is 1. The summed E-state index contributed by atoms with van der Waals surface area (Å²) in [5.74, 6) is 0.577. The number of nitro groups is 1. The summed E-state index contributed by atoms with van der Waals surface area (Å²) in [6.45, 7) is 4.85. The number of benzene rings is 1. The van der Waals surface area contributed by atoms with Crippen molar-refractivity contribution in [1.29, 1.82) is 0 Å². The van der Waals surface area contributed by atoms with Gasteiger partial charge in [0.2, 0.25) is 0 Å². The molecule has 3 rings (SSSR count). The maximum absolute atomic E-state index is 14.1. The highest BCUT2D eigenvalue weighted by atomic mass is 19.1. The molecule has 0 radical (unpaired) electrons. The van der Waals surface area contributed by atoms with Crippen LogP contribution in [-0.2, 0) is 0 Å². The molecule has 5 nitrogen and oxygen atoms in total. The first-order valence-electron chi connectivity index (χ1n) is 6.49. The molecule has 2 saturated heterocycles. The van der Waals surface area contributed by atoms with Crippen molar-refractivity contribution < 1.29 is 9.31 Å². The zero-order chi connectivity index (χ0) is 13.6. The SMILES string of the molecule is CC1C2CNCC2CN1c1ccc([N+](=O)[O-])cc1F. The number of hydrogen-bond donors (Lipinski definition) is 1. The predicted octanol–water partition coefficient (Wildman–Crippen LogP) is 1.78. The first-order chi connectivity index (χ1) is 9.08. The van der Waals surface area contributed by atoms with E-state index in [-0.39, 0.29) is 11.7 Å². The minimum atomic E-state index is -0.571. The molecule has 3 atom stereocenters. The third-order valence-corrected chi connectivity index (χ3v) is 4.39. The van der Waals surface area contributed by atoms with Gasteiger partial charge in [0.05, 0.1) is 16.7 Å². The number of nitrogens with zero attached hydrogens (tertiary/aromatic N) is 2. The number of nitrogens with one attached hydrogen (secondary N) is 1. The molecule has 2 heterocycles. The van der Waals surface area contributed by atoms with E-state index in [0.29, 0.717) is 17.5 Å². The van der Waals surface area contributed by atoms with Gasteiger partial charge in [0, 0.05) is 31.7 Å². The van der Waals surface area contributed by atoms with Gasteiger partial charge in [-0.2, -0.15) is 0 Å². The van der Waals surface area contributed by atoms with Crippen molar-refractivity contribution in [3.8, 4) is 0 Å². The van der Waals surface area contributed by atoms with Gasteiger partial charge in [-0.15, -0.1) is 0 Å². The van der Waals surface area contributed by atoms with E-state index >= 15 is 0 Å². The Morgan fingerprint density at radius 3 is 2.89 bits per heavy atom. The van der Waals surface area contributed by atoms with Crippen molar-refractivity contribution in [1.82, 2.24) is 5.32 Å². The van der Waals surface area contributed by atoms with Crippen LogP contribution in [0.2, 0.25) is 0 Å². The summed E-state index contributed by atoms with van der Waals surface area (Å²) in [4.78, 5) is 12.1. The Kier molecular flexibility index (Phi) is 2.89. The highest BCUT2D eigenvalue weighted by Crippen LogP contribution is 2.37. The summed E-state index contributed by atoms with van der Waals surface area (Å²) >= 11 is 0. The molecule has 3 unspecified atom stereocenters. The largest absolute Gasteiger partial charge is 0.366 e. The van der Waals surface area contributed by atoms with Gasteiger partial charge < -0.3 is 10.2 Å². The lowest BCUT2D eigenvalue weighted by Crippen LogP contribution is -2.33. The van der Waals surface area contributed by atoms with E-state index in [2.05, 4.69) is 12.2 Å². The second-order valence-electron chi connectivity index (χ2n) is 5.37. The van der Waals surface area contributed by atoms with Crippen molar-refractivity contribution in [2.45, 2.75) is 13.0 Å². The fraction of sp³-hybridized carbons (Fsp3) is 0.538. The fourth-order valence-corrected chi connectivity index (χ4v) is 3.33. The van der Waals surface area contributed by atoms with Crippen LogP contribution in [0.25, 0.3) is 0 Å². The van der Waals surface area contributed by atoms with E-state index in [4.69, 9.17) is 0 Å². The minimum Gasteiger partial charge on any atom is -0.366 e. The van der Waals surface area contributed by atoms with E-state index in [0.717, 1.165) is 25.7 Å². The summed E-state index contributed by atoms with van der Waals surface area (Å²) in [6, 6.07) is 4.17. The molecule has 1 aromatic rings. The van der Waals surface area contributed by atoms with Crippen molar-refractivity contribution >= 4 is 11.4 Å². The summed E-state index contributed by atoms with van der Waals surface area (Å²) in [5, 5.41) is 14.0. The lowest BCUT2D eigenvalue weighted by Gasteiger charge is -2.26. The van der Waals surface area contributed by atoms with Gasteiger partial charge in [0.1, 0.15) is 0 Å². The minimum absolute atomic E-state index is 0.199. The van der Waals surface area contributed by atoms with E-state index in [1.807, 2.05) is 4.90 Å². The van der Waals surface area contributed by atoms with Crippen LogP contribution in [0.5, 0.6) is 0 Å². The first kappa shape index (κ1) is 12.3. The molecule has 102 valence electrons. The third kappa shape index (κ3) is 1.96. The van der Waals surface area contributed by atoms with Gasteiger partial charge >= 0.3 is 0 Å². The van der Waals surface area contributed by atoms with Crippen molar-refractivity contribution in [2.75, 3.05) is 24.5 Å². The third-order valence-electron chi connectivity index (χ3n) is 4.39. The van der Waals surface area contributed by atoms with Crippen LogP contribution < -0.4 is 10.2 Å². The maximum atomic E-state index is 14.1. The molecule has 0 saturated carbocycles. The molecule has 0 aromatic heterocycles. The predicted molar refractivity (Wildman–Crippen MR) is 69.7 cm³/mol. The average Bonchev–Trinajstić information content (AvgIpc) is 2.93. The van der Waals surface area contributed by atoms with Crippen LogP contribution in [0, 0.1) is 27.8 Å². The molecule has 2 fully saturated rings. The Morgan fingerprint density at radius 2 is 2.26 bits per heavy atom. The summed E-state index contributed by atoms with van der Waals surface area (Å²) in [5.41, 5.74) is 0.280. The number of anilines is 1. The Labute approximate surface area is 110 Å². The normalized spacial score (nSPS) is 29.6. The summed E-state index contributed by atoms with van der Waals surface area (Å²) in [6.07, 6.45) is 0. The van der Waals surface area contributed by atoms with Crippen molar-refractivity contribution in [3.63, 3.8) is 0 Å². The Hall–Kier alpha value is -1.69. The van der Waals surface area contributed by atoms with Crippen LogP contribution in [0.4, 0.5) is 15.8 Å². The molecule has 2 aliphatic rings.